The molecule has 2 aromatic carbocycles. The summed E-state index contributed by atoms with van der Waals surface area (Å²) in [4.78, 5) is 13.9. The highest BCUT2D eigenvalue weighted by Crippen LogP contribution is 2.55. The number of H-pyrrole nitrogens is 1. The minimum Gasteiger partial charge on any atom is -0.286 e. The second kappa shape index (κ2) is 8.57. The molecule has 36 heavy (non-hydrogen) atoms. The first-order valence-corrected chi connectivity index (χ1v) is 13.5. The van der Waals surface area contributed by atoms with Crippen molar-refractivity contribution in [2.45, 2.75) is 64.5 Å². The van der Waals surface area contributed by atoms with E-state index in [0.29, 0.717) is 24.2 Å². The lowest BCUT2D eigenvalue weighted by atomic mass is 9.57. The van der Waals surface area contributed by atoms with Gasteiger partial charge in [-0.3, -0.25) is 9.48 Å². The van der Waals surface area contributed by atoms with Crippen molar-refractivity contribution in [1.29, 1.82) is 0 Å². The highest BCUT2D eigenvalue weighted by atomic mass is 16.1. The van der Waals surface area contributed by atoms with Crippen LogP contribution in [0.3, 0.4) is 0 Å². The van der Waals surface area contributed by atoms with Gasteiger partial charge in [0.25, 0.3) is 5.56 Å². The molecule has 3 fully saturated rings. The van der Waals surface area contributed by atoms with E-state index in [-0.39, 0.29) is 5.56 Å². The molecule has 0 amide bonds. The van der Waals surface area contributed by atoms with Crippen LogP contribution in [-0.4, -0.2) is 30.0 Å². The molecule has 2 aromatic heterocycles. The lowest BCUT2D eigenvalue weighted by molar-refractivity contribution is -0.0310. The molecule has 4 aromatic rings. The monoisotopic (exact) mass is 480 g/mol. The summed E-state index contributed by atoms with van der Waals surface area (Å²) in [5, 5.41) is 14.6. The van der Waals surface area contributed by atoms with Crippen molar-refractivity contribution in [2.75, 3.05) is 0 Å². The SMILES string of the molecule is CCCc1c(Cc2ccc(-c3ccccc3-c3nn[nH]n3)cc2)c(=O)n2n1CCC1C3CC(C3)CC12. The van der Waals surface area contributed by atoms with Crippen LogP contribution in [0.4, 0.5) is 0 Å². The smallest absolute Gasteiger partial charge is 0.270 e. The first kappa shape index (κ1) is 21.8. The van der Waals surface area contributed by atoms with E-state index in [1.807, 2.05) is 18.2 Å². The summed E-state index contributed by atoms with van der Waals surface area (Å²) in [6.07, 6.45) is 7.95. The van der Waals surface area contributed by atoms with Gasteiger partial charge in [0, 0.05) is 29.8 Å². The van der Waals surface area contributed by atoms with Gasteiger partial charge in [0.2, 0.25) is 5.82 Å². The van der Waals surface area contributed by atoms with Gasteiger partial charge in [0.05, 0.1) is 6.04 Å². The topological polar surface area (TPSA) is 81.4 Å². The van der Waals surface area contributed by atoms with Gasteiger partial charge in [-0.15, -0.1) is 10.2 Å². The molecule has 1 aliphatic heterocycles. The Balaban J connectivity index is 1.22. The number of fused-ring (bicyclic) bond motifs is 1. The Labute approximate surface area is 210 Å². The van der Waals surface area contributed by atoms with Gasteiger partial charge in [-0.2, -0.15) is 5.21 Å². The van der Waals surface area contributed by atoms with Crippen LogP contribution in [0.2, 0.25) is 0 Å². The average Bonchev–Trinajstić information content (AvgIpc) is 3.52. The van der Waals surface area contributed by atoms with Gasteiger partial charge in [-0.1, -0.05) is 61.9 Å². The van der Waals surface area contributed by atoms with Crippen molar-refractivity contribution in [1.82, 2.24) is 30.0 Å². The van der Waals surface area contributed by atoms with E-state index in [1.165, 1.54) is 36.9 Å². The fourth-order valence-electron chi connectivity index (χ4n) is 7.28. The van der Waals surface area contributed by atoms with E-state index >= 15 is 0 Å². The molecule has 7 heteroatoms. The number of rotatable bonds is 6. The maximum absolute atomic E-state index is 13.9. The molecule has 7 nitrogen and oxygen atoms in total. The molecule has 3 saturated carbocycles. The molecule has 2 bridgehead atoms. The number of aromatic nitrogens is 6. The number of hydrogen-bond donors (Lipinski definition) is 1. The Hall–Kier alpha value is -3.48. The largest absolute Gasteiger partial charge is 0.286 e. The molecule has 0 radical (unpaired) electrons. The fourth-order valence-corrected chi connectivity index (χ4v) is 7.28. The second-order valence-corrected chi connectivity index (χ2v) is 11.0. The predicted molar refractivity (Wildman–Crippen MR) is 139 cm³/mol. The van der Waals surface area contributed by atoms with Gasteiger partial charge >= 0.3 is 0 Å². The zero-order valence-electron chi connectivity index (χ0n) is 20.7. The molecule has 3 heterocycles. The van der Waals surface area contributed by atoms with Crippen LogP contribution in [0.15, 0.2) is 53.3 Å². The molecule has 4 aliphatic rings. The van der Waals surface area contributed by atoms with Gasteiger partial charge < -0.3 is 0 Å². The van der Waals surface area contributed by atoms with Gasteiger partial charge in [0.1, 0.15) is 0 Å². The first-order valence-electron chi connectivity index (χ1n) is 13.5. The third-order valence-electron chi connectivity index (χ3n) is 8.97. The Bertz CT molecular complexity index is 1440. The molecule has 2 atom stereocenters. The van der Waals surface area contributed by atoms with Crippen molar-refractivity contribution in [3.63, 3.8) is 0 Å². The molecule has 0 saturated heterocycles. The summed E-state index contributed by atoms with van der Waals surface area (Å²) in [6, 6.07) is 17.1. The summed E-state index contributed by atoms with van der Waals surface area (Å²) in [7, 11) is 0. The van der Waals surface area contributed by atoms with Crippen LogP contribution in [-0.2, 0) is 19.4 Å². The number of benzene rings is 2. The number of nitrogens with zero attached hydrogens (tertiary/aromatic N) is 5. The number of tetrazole rings is 1. The normalized spacial score (nSPS) is 24.1. The van der Waals surface area contributed by atoms with Gasteiger partial charge in [-0.25, -0.2) is 4.68 Å². The van der Waals surface area contributed by atoms with Crippen molar-refractivity contribution in [3.05, 3.63) is 75.7 Å². The van der Waals surface area contributed by atoms with Gasteiger partial charge in [-0.05, 0) is 71.8 Å². The van der Waals surface area contributed by atoms with Crippen LogP contribution >= 0.6 is 0 Å². The highest BCUT2D eigenvalue weighted by Gasteiger charge is 2.49. The van der Waals surface area contributed by atoms with E-state index in [9.17, 15) is 4.79 Å². The minimum atomic E-state index is 0.265. The standard InChI is InChI=1S/C29H32N6O/c1-2-5-26-25(29(36)35-27-17-19-14-21(15-19)23(27)12-13-34(26)35)16-18-8-10-20(11-9-18)22-6-3-4-7-24(22)28-30-32-33-31-28/h3-4,6-11,19,21,23,27H,2,5,12-17H2,1H3,(H,30,31,32,33). The number of nitrogens with one attached hydrogen (secondary N) is 1. The van der Waals surface area contributed by atoms with Crippen molar-refractivity contribution in [2.24, 2.45) is 17.8 Å². The van der Waals surface area contributed by atoms with Crippen LogP contribution in [0.1, 0.15) is 61.9 Å². The van der Waals surface area contributed by atoms with Crippen molar-refractivity contribution >= 4 is 0 Å². The van der Waals surface area contributed by atoms with Crippen LogP contribution in [0.25, 0.3) is 22.5 Å². The lowest BCUT2D eigenvalue weighted by Crippen LogP contribution is -2.49. The molecule has 0 spiro atoms. The molecule has 3 aliphatic carbocycles. The van der Waals surface area contributed by atoms with Crippen LogP contribution < -0.4 is 5.56 Å². The van der Waals surface area contributed by atoms with Gasteiger partial charge in [0.15, 0.2) is 0 Å². The van der Waals surface area contributed by atoms with E-state index in [4.69, 9.17) is 0 Å². The Kier molecular flexibility index (Phi) is 5.19. The Morgan fingerprint density at radius 3 is 2.58 bits per heavy atom. The maximum atomic E-state index is 13.9. The van der Waals surface area contributed by atoms with E-state index in [1.54, 1.807) is 0 Å². The van der Waals surface area contributed by atoms with E-state index < -0.39 is 0 Å². The summed E-state index contributed by atoms with van der Waals surface area (Å²) >= 11 is 0. The molecule has 2 unspecified atom stereocenters. The maximum Gasteiger partial charge on any atom is 0.270 e. The van der Waals surface area contributed by atoms with E-state index in [0.717, 1.165) is 53.5 Å². The third-order valence-corrected chi connectivity index (χ3v) is 8.97. The number of aromatic amines is 1. The molecule has 1 N–H and O–H groups in total. The Morgan fingerprint density at radius 1 is 1.03 bits per heavy atom. The summed E-state index contributed by atoms with van der Waals surface area (Å²) in [5.74, 6) is 2.98. The summed E-state index contributed by atoms with van der Waals surface area (Å²) in [5.41, 5.74) is 6.84. The summed E-state index contributed by atoms with van der Waals surface area (Å²) < 4.78 is 4.57. The lowest BCUT2D eigenvalue weighted by Gasteiger charge is -2.53. The average molecular weight is 481 g/mol. The zero-order chi connectivity index (χ0) is 24.2. The van der Waals surface area contributed by atoms with Crippen molar-refractivity contribution in [3.8, 4) is 22.5 Å². The molecule has 184 valence electrons. The van der Waals surface area contributed by atoms with Crippen molar-refractivity contribution < 1.29 is 0 Å². The van der Waals surface area contributed by atoms with E-state index in [2.05, 4.69) is 67.2 Å². The third kappa shape index (κ3) is 3.39. The molecular formula is C29H32N6O. The van der Waals surface area contributed by atoms with Crippen LogP contribution in [0.5, 0.6) is 0 Å². The molecule has 8 rings (SSSR count). The molecular weight excluding hydrogens is 448 g/mol. The number of hydrogen-bond acceptors (Lipinski definition) is 4. The highest BCUT2D eigenvalue weighted by molar-refractivity contribution is 5.80. The minimum absolute atomic E-state index is 0.265. The Morgan fingerprint density at radius 2 is 1.83 bits per heavy atom. The first-order chi connectivity index (χ1) is 17.7. The predicted octanol–water partition coefficient (Wildman–Crippen LogP) is 5.03. The quantitative estimate of drug-likeness (QED) is 0.420. The zero-order valence-corrected chi connectivity index (χ0v) is 20.7. The summed E-state index contributed by atoms with van der Waals surface area (Å²) in [6.45, 7) is 3.22. The fraction of sp³-hybridized carbons (Fsp3) is 0.448. The second-order valence-electron chi connectivity index (χ2n) is 11.0. The van der Waals surface area contributed by atoms with Crippen LogP contribution in [0, 0.1) is 17.8 Å².